The molecule has 0 saturated heterocycles. The number of nitrogens with zero attached hydrogens (tertiary/aromatic N) is 2. The molecule has 140 valence electrons. The lowest BCUT2D eigenvalue weighted by molar-refractivity contribution is -0.123. The molecule has 3 rings (SSSR count). The maximum absolute atomic E-state index is 12.2. The van der Waals surface area contributed by atoms with Gasteiger partial charge in [0.15, 0.2) is 6.61 Å². The maximum atomic E-state index is 12.2. The molecule has 0 bridgehead atoms. The van der Waals surface area contributed by atoms with Crippen LogP contribution in [0, 0.1) is 0 Å². The van der Waals surface area contributed by atoms with E-state index in [1.54, 1.807) is 32.4 Å². The van der Waals surface area contributed by atoms with Gasteiger partial charge in [-0.2, -0.15) is 5.10 Å². The SMILES string of the molecule is COCCNC(=O)COc1ccc(-c2nn(C)c(=O)c3ccccc23)cc1. The fraction of sp³-hybridized carbons (Fsp3) is 0.250. The molecule has 1 N–H and O–H groups in total. The molecule has 0 aliphatic rings. The Morgan fingerprint density at radius 3 is 2.52 bits per heavy atom. The topological polar surface area (TPSA) is 82.4 Å². The summed E-state index contributed by atoms with van der Waals surface area (Å²) in [6.45, 7) is 0.841. The van der Waals surface area contributed by atoms with Gasteiger partial charge in [0, 0.05) is 31.7 Å². The molecule has 0 aliphatic carbocycles. The number of methoxy groups -OCH3 is 1. The van der Waals surface area contributed by atoms with Gasteiger partial charge in [-0.1, -0.05) is 18.2 Å². The lowest BCUT2D eigenvalue weighted by Crippen LogP contribution is -2.31. The third kappa shape index (κ3) is 4.32. The molecule has 0 atom stereocenters. The number of fused-ring (bicyclic) bond motifs is 1. The number of carbonyl (C=O) groups is 1. The third-order valence-corrected chi connectivity index (χ3v) is 4.08. The minimum atomic E-state index is -0.207. The predicted molar refractivity (Wildman–Crippen MR) is 103 cm³/mol. The molecule has 0 saturated carbocycles. The molecule has 0 unspecified atom stereocenters. The average Bonchev–Trinajstić information content (AvgIpc) is 2.70. The van der Waals surface area contributed by atoms with Gasteiger partial charge < -0.3 is 14.8 Å². The average molecular weight is 367 g/mol. The summed E-state index contributed by atoms with van der Waals surface area (Å²) >= 11 is 0. The molecular weight excluding hydrogens is 346 g/mol. The van der Waals surface area contributed by atoms with Crippen molar-refractivity contribution in [1.29, 1.82) is 0 Å². The molecular formula is C20H21N3O4. The number of hydrogen-bond acceptors (Lipinski definition) is 5. The summed E-state index contributed by atoms with van der Waals surface area (Å²) < 4.78 is 11.7. The smallest absolute Gasteiger partial charge is 0.274 e. The molecule has 3 aromatic rings. The Morgan fingerprint density at radius 1 is 1.11 bits per heavy atom. The van der Waals surface area contributed by atoms with Gasteiger partial charge in [0.25, 0.3) is 11.5 Å². The van der Waals surface area contributed by atoms with Crippen LogP contribution in [0.2, 0.25) is 0 Å². The zero-order valence-corrected chi connectivity index (χ0v) is 15.3. The van der Waals surface area contributed by atoms with Crippen molar-refractivity contribution in [3.63, 3.8) is 0 Å². The van der Waals surface area contributed by atoms with E-state index in [9.17, 15) is 9.59 Å². The van der Waals surface area contributed by atoms with E-state index < -0.39 is 0 Å². The molecule has 7 heteroatoms. The third-order valence-electron chi connectivity index (χ3n) is 4.08. The van der Waals surface area contributed by atoms with E-state index in [0.29, 0.717) is 24.3 Å². The number of nitrogens with one attached hydrogen (secondary N) is 1. The van der Waals surface area contributed by atoms with Crippen LogP contribution in [0.1, 0.15) is 0 Å². The van der Waals surface area contributed by atoms with Crippen molar-refractivity contribution in [3.8, 4) is 17.0 Å². The molecule has 0 radical (unpaired) electrons. The Balaban J connectivity index is 1.77. The van der Waals surface area contributed by atoms with Crippen LogP contribution in [0.3, 0.4) is 0 Å². The molecule has 1 heterocycles. The summed E-state index contributed by atoms with van der Waals surface area (Å²) in [4.78, 5) is 23.9. The van der Waals surface area contributed by atoms with Crippen molar-refractivity contribution in [3.05, 3.63) is 58.9 Å². The van der Waals surface area contributed by atoms with Gasteiger partial charge in [-0.3, -0.25) is 9.59 Å². The summed E-state index contributed by atoms with van der Waals surface area (Å²) in [6, 6.07) is 14.7. The van der Waals surface area contributed by atoms with Gasteiger partial charge in [0.05, 0.1) is 17.7 Å². The van der Waals surface area contributed by atoms with Gasteiger partial charge in [-0.05, 0) is 30.3 Å². The largest absolute Gasteiger partial charge is 0.484 e. The molecule has 1 aromatic heterocycles. The maximum Gasteiger partial charge on any atom is 0.274 e. The summed E-state index contributed by atoms with van der Waals surface area (Å²) in [7, 11) is 3.21. The highest BCUT2D eigenvalue weighted by atomic mass is 16.5. The molecule has 7 nitrogen and oxygen atoms in total. The molecule has 1 amide bonds. The van der Waals surface area contributed by atoms with Gasteiger partial charge in [-0.15, -0.1) is 0 Å². The van der Waals surface area contributed by atoms with Crippen LogP contribution in [-0.4, -0.2) is 42.6 Å². The van der Waals surface area contributed by atoms with Gasteiger partial charge in [0.1, 0.15) is 5.75 Å². The summed E-state index contributed by atoms with van der Waals surface area (Å²) in [5.74, 6) is 0.372. The number of amides is 1. The van der Waals surface area contributed by atoms with Gasteiger partial charge in [0.2, 0.25) is 0 Å². The van der Waals surface area contributed by atoms with E-state index in [1.165, 1.54) is 4.68 Å². The Kier molecular flexibility index (Phi) is 5.83. The van der Waals surface area contributed by atoms with Crippen LogP contribution in [0.25, 0.3) is 22.0 Å². The normalized spacial score (nSPS) is 10.7. The van der Waals surface area contributed by atoms with Crippen molar-refractivity contribution in [2.45, 2.75) is 0 Å². The first-order valence-electron chi connectivity index (χ1n) is 8.55. The van der Waals surface area contributed by atoms with E-state index in [1.807, 2.05) is 30.3 Å². The van der Waals surface area contributed by atoms with Crippen LogP contribution in [0.4, 0.5) is 0 Å². The van der Waals surface area contributed by atoms with E-state index >= 15 is 0 Å². The molecule has 0 aliphatic heterocycles. The van der Waals surface area contributed by atoms with Crippen molar-refractivity contribution in [2.75, 3.05) is 26.9 Å². The van der Waals surface area contributed by atoms with E-state index in [2.05, 4.69) is 10.4 Å². The van der Waals surface area contributed by atoms with Crippen molar-refractivity contribution in [2.24, 2.45) is 7.05 Å². The Morgan fingerprint density at radius 2 is 1.81 bits per heavy atom. The highest BCUT2D eigenvalue weighted by molar-refractivity contribution is 5.93. The Hall–Kier alpha value is -3.19. The summed E-state index contributed by atoms with van der Waals surface area (Å²) in [5, 5.41) is 8.52. The molecule has 27 heavy (non-hydrogen) atoms. The first-order chi connectivity index (χ1) is 13.1. The number of aromatic nitrogens is 2. The van der Waals surface area contributed by atoms with E-state index in [0.717, 1.165) is 16.6 Å². The van der Waals surface area contributed by atoms with Crippen LogP contribution in [-0.2, 0) is 16.6 Å². The second-order valence-electron chi connectivity index (χ2n) is 5.98. The van der Waals surface area contributed by atoms with Gasteiger partial charge in [-0.25, -0.2) is 4.68 Å². The van der Waals surface area contributed by atoms with Crippen LogP contribution in [0.5, 0.6) is 5.75 Å². The van der Waals surface area contributed by atoms with Crippen LogP contribution < -0.4 is 15.6 Å². The highest BCUT2D eigenvalue weighted by Crippen LogP contribution is 2.26. The highest BCUT2D eigenvalue weighted by Gasteiger charge is 2.10. The minimum Gasteiger partial charge on any atom is -0.484 e. The zero-order chi connectivity index (χ0) is 19.2. The van der Waals surface area contributed by atoms with Crippen LogP contribution >= 0.6 is 0 Å². The van der Waals surface area contributed by atoms with E-state index in [4.69, 9.17) is 9.47 Å². The summed E-state index contributed by atoms with van der Waals surface area (Å²) in [5.41, 5.74) is 1.45. The number of carbonyl (C=O) groups excluding carboxylic acids is 1. The predicted octanol–water partition coefficient (Wildman–Crippen LogP) is 1.74. The van der Waals surface area contributed by atoms with Crippen molar-refractivity contribution >= 4 is 16.7 Å². The number of hydrogen-bond donors (Lipinski definition) is 1. The molecule has 0 fully saturated rings. The zero-order valence-electron chi connectivity index (χ0n) is 15.3. The van der Waals surface area contributed by atoms with Crippen LogP contribution in [0.15, 0.2) is 53.3 Å². The Bertz CT molecular complexity index is 996. The Labute approximate surface area is 156 Å². The number of aryl methyl sites for hydroxylation is 1. The number of ether oxygens (including phenoxy) is 2. The van der Waals surface area contributed by atoms with Crippen molar-refractivity contribution in [1.82, 2.24) is 15.1 Å². The summed E-state index contributed by atoms with van der Waals surface area (Å²) in [6.07, 6.45) is 0. The first-order valence-corrected chi connectivity index (χ1v) is 8.55. The molecule has 0 spiro atoms. The van der Waals surface area contributed by atoms with E-state index in [-0.39, 0.29) is 18.1 Å². The fourth-order valence-corrected chi connectivity index (χ4v) is 2.71. The lowest BCUT2D eigenvalue weighted by atomic mass is 10.1. The first kappa shape index (κ1) is 18.6. The lowest BCUT2D eigenvalue weighted by Gasteiger charge is -2.10. The quantitative estimate of drug-likeness (QED) is 0.643. The second-order valence-corrected chi connectivity index (χ2v) is 5.98. The minimum absolute atomic E-state index is 0.0654. The fourth-order valence-electron chi connectivity index (χ4n) is 2.71. The standard InChI is InChI=1S/C20H21N3O4/c1-23-20(25)17-6-4-3-5-16(17)19(22-23)14-7-9-15(10-8-14)27-13-18(24)21-11-12-26-2/h3-10H,11-13H2,1-2H3,(H,21,24). The number of rotatable bonds is 7. The van der Waals surface area contributed by atoms with Crippen molar-refractivity contribution < 1.29 is 14.3 Å². The monoisotopic (exact) mass is 367 g/mol. The second kappa shape index (κ2) is 8.46. The molecule has 2 aromatic carbocycles. The number of benzene rings is 2. The van der Waals surface area contributed by atoms with Gasteiger partial charge >= 0.3 is 0 Å².